The number of nitro benzene ring substituents is 1. The lowest BCUT2D eigenvalue weighted by Crippen LogP contribution is -2.27. The van der Waals surface area contributed by atoms with Crippen molar-refractivity contribution < 1.29 is 24.4 Å². The van der Waals surface area contributed by atoms with E-state index in [0.717, 1.165) is 5.56 Å². The molecule has 3 rings (SSSR count). The zero-order chi connectivity index (χ0) is 21.0. The highest BCUT2D eigenvalue weighted by atomic mass is 16.6. The third-order valence-electron chi connectivity index (χ3n) is 4.63. The molecule has 0 fully saturated rings. The number of carbonyl (C=O) groups excluding carboxylic acids is 1. The Bertz CT molecular complexity index is 970. The molecule has 1 aliphatic heterocycles. The van der Waals surface area contributed by atoms with Crippen LogP contribution in [-0.2, 0) is 9.59 Å². The van der Waals surface area contributed by atoms with E-state index in [-0.39, 0.29) is 24.9 Å². The monoisotopic (exact) mass is 397 g/mol. The van der Waals surface area contributed by atoms with Gasteiger partial charge in [0.1, 0.15) is 5.75 Å². The first-order valence-corrected chi connectivity index (χ1v) is 8.89. The largest absolute Gasteiger partial charge is 0.497 e. The van der Waals surface area contributed by atoms with Crippen LogP contribution >= 0.6 is 0 Å². The van der Waals surface area contributed by atoms with Gasteiger partial charge in [-0.05, 0) is 23.8 Å². The zero-order valence-corrected chi connectivity index (χ0v) is 15.6. The van der Waals surface area contributed by atoms with Gasteiger partial charge in [-0.15, -0.1) is 0 Å². The standard InChI is InChI=1S/C20H19N3O6/c1-29-14-8-6-13(7-9-14)18-12-16(15-4-2-3-5-17(15)23(27)28)21-22(18)19(24)10-11-20(25)26/h2-9,18H,10-12H2,1H3,(H,25,26). The molecule has 1 atom stereocenters. The van der Waals surface area contributed by atoms with Crippen molar-refractivity contribution in [2.24, 2.45) is 5.10 Å². The van der Waals surface area contributed by atoms with Crippen LogP contribution in [0.25, 0.3) is 0 Å². The van der Waals surface area contributed by atoms with Gasteiger partial charge >= 0.3 is 5.97 Å². The quantitative estimate of drug-likeness (QED) is 0.566. The number of para-hydroxylation sites is 1. The van der Waals surface area contributed by atoms with E-state index in [2.05, 4.69) is 5.10 Å². The highest BCUT2D eigenvalue weighted by Crippen LogP contribution is 2.36. The van der Waals surface area contributed by atoms with Crippen LogP contribution in [0.2, 0.25) is 0 Å². The number of aliphatic carboxylic acids is 1. The van der Waals surface area contributed by atoms with E-state index in [9.17, 15) is 19.7 Å². The Labute approximate surface area is 166 Å². The van der Waals surface area contributed by atoms with Gasteiger partial charge in [0, 0.05) is 18.9 Å². The van der Waals surface area contributed by atoms with Crippen molar-refractivity contribution >= 4 is 23.3 Å². The predicted octanol–water partition coefficient (Wildman–Crippen LogP) is 3.15. The van der Waals surface area contributed by atoms with Gasteiger partial charge in [0.25, 0.3) is 5.69 Å². The second kappa shape index (κ2) is 8.51. The zero-order valence-electron chi connectivity index (χ0n) is 15.6. The van der Waals surface area contributed by atoms with E-state index in [4.69, 9.17) is 9.84 Å². The first kappa shape index (κ1) is 20.0. The van der Waals surface area contributed by atoms with Crippen LogP contribution in [0.3, 0.4) is 0 Å². The summed E-state index contributed by atoms with van der Waals surface area (Å²) in [5.74, 6) is -0.890. The maximum absolute atomic E-state index is 12.6. The van der Waals surface area contributed by atoms with E-state index in [1.807, 2.05) is 0 Å². The third-order valence-corrected chi connectivity index (χ3v) is 4.63. The number of carboxylic acid groups (broad SMARTS) is 1. The molecule has 2 aromatic rings. The minimum Gasteiger partial charge on any atom is -0.497 e. The Morgan fingerprint density at radius 3 is 2.52 bits per heavy atom. The molecule has 0 aromatic heterocycles. The van der Waals surface area contributed by atoms with Gasteiger partial charge in [-0.3, -0.25) is 19.7 Å². The molecule has 0 bridgehead atoms. The van der Waals surface area contributed by atoms with E-state index in [0.29, 0.717) is 17.0 Å². The molecule has 9 nitrogen and oxygen atoms in total. The number of carboxylic acids is 1. The number of hydrogen-bond donors (Lipinski definition) is 1. The summed E-state index contributed by atoms with van der Waals surface area (Å²) in [6.45, 7) is 0. The normalized spacial score (nSPS) is 15.7. The fraction of sp³-hybridized carbons (Fsp3) is 0.250. The van der Waals surface area contributed by atoms with Crippen molar-refractivity contribution in [3.8, 4) is 5.75 Å². The fourth-order valence-corrected chi connectivity index (χ4v) is 3.19. The summed E-state index contributed by atoms with van der Waals surface area (Å²) in [4.78, 5) is 34.4. The van der Waals surface area contributed by atoms with Crippen molar-refractivity contribution in [1.82, 2.24) is 5.01 Å². The number of hydrazone groups is 1. The molecule has 1 heterocycles. The lowest BCUT2D eigenvalue weighted by Gasteiger charge is -2.22. The summed E-state index contributed by atoms with van der Waals surface area (Å²) in [5.41, 5.74) is 1.41. The number of ether oxygens (including phenoxy) is 1. The van der Waals surface area contributed by atoms with Crippen molar-refractivity contribution in [3.05, 3.63) is 69.8 Å². The van der Waals surface area contributed by atoms with Crippen molar-refractivity contribution in [3.63, 3.8) is 0 Å². The van der Waals surface area contributed by atoms with Crippen LogP contribution in [0, 0.1) is 10.1 Å². The molecule has 0 aliphatic carbocycles. The molecule has 1 amide bonds. The Morgan fingerprint density at radius 1 is 1.21 bits per heavy atom. The molecule has 0 radical (unpaired) electrons. The second-order valence-corrected chi connectivity index (χ2v) is 6.45. The van der Waals surface area contributed by atoms with Gasteiger partial charge in [-0.2, -0.15) is 5.10 Å². The predicted molar refractivity (Wildman–Crippen MR) is 104 cm³/mol. The van der Waals surface area contributed by atoms with Crippen LogP contribution in [-0.4, -0.2) is 39.7 Å². The van der Waals surface area contributed by atoms with E-state index >= 15 is 0 Å². The van der Waals surface area contributed by atoms with Gasteiger partial charge in [0.15, 0.2) is 0 Å². The average Bonchev–Trinajstić information content (AvgIpc) is 3.17. The summed E-state index contributed by atoms with van der Waals surface area (Å²) in [7, 11) is 1.54. The number of hydrogen-bond acceptors (Lipinski definition) is 6. The SMILES string of the molecule is COc1ccc(C2CC(c3ccccc3[N+](=O)[O-])=NN2C(=O)CCC(=O)O)cc1. The Hall–Kier alpha value is -3.75. The maximum atomic E-state index is 12.6. The number of benzene rings is 2. The molecule has 0 spiro atoms. The molecule has 0 saturated carbocycles. The molecular weight excluding hydrogens is 378 g/mol. The molecular formula is C20H19N3O6. The van der Waals surface area contributed by atoms with Crippen LogP contribution in [0.5, 0.6) is 5.75 Å². The van der Waals surface area contributed by atoms with Crippen molar-refractivity contribution in [1.29, 1.82) is 0 Å². The lowest BCUT2D eigenvalue weighted by molar-refractivity contribution is -0.385. The number of rotatable bonds is 7. The van der Waals surface area contributed by atoms with Crippen LogP contribution in [0.15, 0.2) is 53.6 Å². The second-order valence-electron chi connectivity index (χ2n) is 6.45. The minimum atomic E-state index is -1.08. The number of nitro groups is 1. The summed E-state index contributed by atoms with van der Waals surface area (Å²) in [5, 5.41) is 25.8. The Morgan fingerprint density at radius 2 is 1.90 bits per heavy atom. The first-order chi connectivity index (χ1) is 13.9. The molecule has 0 saturated heterocycles. The number of nitrogens with zero attached hydrogens (tertiary/aromatic N) is 3. The number of methoxy groups -OCH3 is 1. The Kier molecular flexibility index (Phi) is 5.87. The molecule has 1 N–H and O–H groups in total. The van der Waals surface area contributed by atoms with Gasteiger partial charge in [0.2, 0.25) is 5.91 Å². The average molecular weight is 397 g/mol. The van der Waals surface area contributed by atoms with Crippen LogP contribution < -0.4 is 4.74 Å². The molecule has 9 heteroatoms. The third kappa shape index (κ3) is 4.40. The van der Waals surface area contributed by atoms with Crippen molar-refractivity contribution in [2.45, 2.75) is 25.3 Å². The topological polar surface area (TPSA) is 122 Å². The van der Waals surface area contributed by atoms with E-state index in [1.165, 1.54) is 11.1 Å². The molecule has 1 aliphatic rings. The smallest absolute Gasteiger partial charge is 0.303 e. The van der Waals surface area contributed by atoms with Gasteiger partial charge < -0.3 is 9.84 Å². The number of carbonyl (C=O) groups is 2. The fourth-order valence-electron chi connectivity index (χ4n) is 3.19. The van der Waals surface area contributed by atoms with Crippen molar-refractivity contribution in [2.75, 3.05) is 7.11 Å². The summed E-state index contributed by atoms with van der Waals surface area (Å²) >= 11 is 0. The van der Waals surface area contributed by atoms with E-state index in [1.54, 1.807) is 49.6 Å². The summed E-state index contributed by atoms with van der Waals surface area (Å²) < 4.78 is 5.15. The summed E-state index contributed by atoms with van der Waals surface area (Å²) in [6.07, 6.45) is -0.257. The van der Waals surface area contributed by atoms with Crippen LogP contribution in [0.4, 0.5) is 5.69 Å². The molecule has 150 valence electrons. The first-order valence-electron chi connectivity index (χ1n) is 8.89. The van der Waals surface area contributed by atoms with Gasteiger partial charge in [0.05, 0.1) is 35.8 Å². The number of amides is 1. The highest BCUT2D eigenvalue weighted by molar-refractivity contribution is 6.06. The maximum Gasteiger partial charge on any atom is 0.303 e. The lowest BCUT2D eigenvalue weighted by atomic mass is 9.97. The molecule has 2 aromatic carbocycles. The molecule has 1 unspecified atom stereocenters. The van der Waals surface area contributed by atoms with Gasteiger partial charge in [-0.1, -0.05) is 24.3 Å². The Balaban J connectivity index is 1.97. The van der Waals surface area contributed by atoms with Gasteiger partial charge in [-0.25, -0.2) is 5.01 Å². The van der Waals surface area contributed by atoms with E-state index < -0.39 is 22.8 Å². The minimum absolute atomic E-state index is 0.0976. The molecule has 29 heavy (non-hydrogen) atoms. The van der Waals surface area contributed by atoms with Crippen LogP contribution in [0.1, 0.15) is 36.4 Å². The summed E-state index contributed by atoms with van der Waals surface area (Å²) in [6, 6.07) is 12.8. The highest BCUT2D eigenvalue weighted by Gasteiger charge is 2.35.